The van der Waals surface area contributed by atoms with Crippen molar-refractivity contribution in [2.24, 2.45) is 5.16 Å². The molecular formula is C21H21NO3S. The van der Waals surface area contributed by atoms with Crippen LogP contribution in [0, 0.1) is 13.8 Å². The SMILES string of the molecule is C/C(Cc1ccc(C)c(C)c1)=N\OS(=O)(=O)c1ccc2ccccc2c1. The summed E-state index contributed by atoms with van der Waals surface area (Å²) in [6, 6.07) is 18.6. The van der Waals surface area contributed by atoms with Crippen molar-refractivity contribution < 1.29 is 12.7 Å². The number of rotatable bonds is 5. The van der Waals surface area contributed by atoms with E-state index in [1.54, 1.807) is 19.1 Å². The van der Waals surface area contributed by atoms with Crippen molar-refractivity contribution in [2.45, 2.75) is 32.1 Å². The van der Waals surface area contributed by atoms with Gasteiger partial charge in [0.1, 0.15) is 4.90 Å². The molecule has 0 fully saturated rings. The highest BCUT2D eigenvalue weighted by atomic mass is 32.2. The normalized spacial score (nSPS) is 12.3. The second kappa shape index (κ2) is 7.30. The van der Waals surface area contributed by atoms with Crippen LogP contribution in [0.15, 0.2) is 70.7 Å². The largest absolute Gasteiger partial charge is 0.358 e. The van der Waals surface area contributed by atoms with Gasteiger partial charge in [0.05, 0.1) is 5.71 Å². The molecule has 0 aliphatic rings. The standard InChI is InChI=1S/C21H21NO3S/c1-15-8-9-18(12-16(15)2)13-17(3)22-25-26(23,24)21-11-10-19-6-4-5-7-20(19)14-21/h4-12,14H,13H2,1-3H3/b22-17+. The molecule has 0 aliphatic carbocycles. The zero-order valence-corrected chi connectivity index (χ0v) is 15.9. The Kier molecular flexibility index (Phi) is 5.09. The highest BCUT2D eigenvalue weighted by Gasteiger charge is 2.16. The van der Waals surface area contributed by atoms with E-state index in [1.807, 2.05) is 43.3 Å². The number of aryl methyl sites for hydroxylation is 2. The molecule has 0 aromatic heterocycles. The van der Waals surface area contributed by atoms with E-state index < -0.39 is 10.1 Å². The molecule has 0 amide bonds. The third-order valence-corrected chi connectivity index (χ3v) is 5.43. The molecule has 3 aromatic carbocycles. The Morgan fingerprint density at radius 3 is 2.38 bits per heavy atom. The third kappa shape index (κ3) is 4.11. The number of oxime groups is 1. The molecule has 0 spiro atoms. The van der Waals surface area contributed by atoms with Crippen molar-refractivity contribution in [1.82, 2.24) is 0 Å². The van der Waals surface area contributed by atoms with Gasteiger partial charge in [-0.25, -0.2) is 0 Å². The summed E-state index contributed by atoms with van der Waals surface area (Å²) in [4.78, 5) is 0.0962. The smallest absolute Gasteiger partial charge is 0.265 e. The minimum atomic E-state index is -3.94. The van der Waals surface area contributed by atoms with Crippen molar-refractivity contribution >= 4 is 26.6 Å². The predicted octanol–water partition coefficient (Wildman–Crippen LogP) is 4.78. The van der Waals surface area contributed by atoms with Gasteiger partial charge in [0.2, 0.25) is 0 Å². The van der Waals surface area contributed by atoms with Crippen molar-refractivity contribution in [1.29, 1.82) is 0 Å². The lowest BCUT2D eigenvalue weighted by molar-refractivity contribution is 0.337. The van der Waals surface area contributed by atoms with E-state index in [2.05, 4.69) is 18.1 Å². The summed E-state index contributed by atoms with van der Waals surface area (Å²) in [5.74, 6) is 0. The fraction of sp³-hybridized carbons (Fsp3) is 0.190. The molecule has 3 aromatic rings. The van der Waals surface area contributed by atoms with Gasteiger partial charge in [0.25, 0.3) is 0 Å². The van der Waals surface area contributed by atoms with Gasteiger partial charge in [0.15, 0.2) is 0 Å². The molecule has 0 unspecified atom stereocenters. The summed E-state index contributed by atoms with van der Waals surface area (Å²) in [5.41, 5.74) is 4.08. The zero-order valence-electron chi connectivity index (χ0n) is 15.1. The quantitative estimate of drug-likeness (QED) is 0.482. The average Bonchev–Trinajstić information content (AvgIpc) is 2.63. The van der Waals surface area contributed by atoms with Crippen LogP contribution in [0.3, 0.4) is 0 Å². The molecular weight excluding hydrogens is 346 g/mol. The summed E-state index contributed by atoms with van der Waals surface area (Å²) in [7, 11) is -3.94. The van der Waals surface area contributed by atoms with E-state index >= 15 is 0 Å². The first-order chi connectivity index (χ1) is 12.3. The Morgan fingerprint density at radius 2 is 1.65 bits per heavy atom. The van der Waals surface area contributed by atoms with Crippen LogP contribution >= 0.6 is 0 Å². The zero-order chi connectivity index (χ0) is 18.7. The average molecular weight is 367 g/mol. The predicted molar refractivity (Wildman–Crippen MR) is 105 cm³/mol. The first kappa shape index (κ1) is 18.1. The van der Waals surface area contributed by atoms with Gasteiger partial charge in [-0.15, -0.1) is 0 Å². The highest BCUT2D eigenvalue weighted by Crippen LogP contribution is 2.20. The fourth-order valence-electron chi connectivity index (χ4n) is 2.72. The highest BCUT2D eigenvalue weighted by molar-refractivity contribution is 7.86. The summed E-state index contributed by atoms with van der Waals surface area (Å²) in [6.45, 7) is 5.86. The number of hydrogen-bond donors (Lipinski definition) is 0. The fourth-order valence-corrected chi connectivity index (χ4v) is 3.54. The van der Waals surface area contributed by atoms with Crippen LogP contribution in [0.5, 0.6) is 0 Å². The molecule has 3 rings (SSSR count). The van der Waals surface area contributed by atoms with E-state index in [9.17, 15) is 8.42 Å². The van der Waals surface area contributed by atoms with Crippen LogP contribution in [0.1, 0.15) is 23.6 Å². The Morgan fingerprint density at radius 1 is 0.923 bits per heavy atom. The van der Waals surface area contributed by atoms with Crippen molar-refractivity contribution in [3.8, 4) is 0 Å². The minimum absolute atomic E-state index is 0.0962. The first-order valence-electron chi connectivity index (χ1n) is 8.37. The van der Waals surface area contributed by atoms with Gasteiger partial charge in [-0.3, -0.25) is 4.28 Å². The molecule has 134 valence electrons. The number of hydrogen-bond acceptors (Lipinski definition) is 4. The van der Waals surface area contributed by atoms with Crippen molar-refractivity contribution in [3.05, 3.63) is 77.4 Å². The van der Waals surface area contributed by atoms with E-state index in [0.717, 1.165) is 16.3 Å². The van der Waals surface area contributed by atoms with Gasteiger partial charge in [-0.2, -0.15) is 8.42 Å². The molecule has 0 saturated carbocycles. The van der Waals surface area contributed by atoms with E-state index in [1.165, 1.54) is 17.2 Å². The summed E-state index contributed by atoms with van der Waals surface area (Å²) in [5, 5.41) is 5.64. The summed E-state index contributed by atoms with van der Waals surface area (Å²) < 4.78 is 29.7. The Balaban J connectivity index is 1.77. The van der Waals surface area contributed by atoms with Gasteiger partial charge in [-0.1, -0.05) is 53.7 Å². The topological polar surface area (TPSA) is 55.7 Å². The molecule has 26 heavy (non-hydrogen) atoms. The Hall–Kier alpha value is -2.66. The Bertz CT molecular complexity index is 1090. The third-order valence-electron chi connectivity index (χ3n) is 4.33. The molecule has 0 radical (unpaired) electrons. The van der Waals surface area contributed by atoms with Crippen LogP contribution in [0.4, 0.5) is 0 Å². The molecule has 4 nitrogen and oxygen atoms in total. The van der Waals surface area contributed by atoms with Crippen LogP contribution in [-0.2, 0) is 20.8 Å². The van der Waals surface area contributed by atoms with E-state index in [0.29, 0.717) is 12.1 Å². The van der Waals surface area contributed by atoms with Crippen molar-refractivity contribution in [2.75, 3.05) is 0 Å². The lowest BCUT2D eigenvalue weighted by atomic mass is 10.0. The van der Waals surface area contributed by atoms with Crippen LogP contribution < -0.4 is 0 Å². The van der Waals surface area contributed by atoms with Gasteiger partial charge in [-0.05, 0) is 60.4 Å². The molecule has 0 atom stereocenters. The van der Waals surface area contributed by atoms with Crippen molar-refractivity contribution in [3.63, 3.8) is 0 Å². The lowest BCUT2D eigenvalue weighted by Gasteiger charge is -2.06. The number of nitrogens with zero attached hydrogens (tertiary/aromatic N) is 1. The summed E-state index contributed by atoms with van der Waals surface area (Å²) >= 11 is 0. The minimum Gasteiger partial charge on any atom is -0.265 e. The molecule has 0 aliphatic heterocycles. The monoisotopic (exact) mass is 367 g/mol. The molecule has 0 bridgehead atoms. The Labute approximate surface area is 154 Å². The van der Waals surface area contributed by atoms with Gasteiger partial charge in [0, 0.05) is 6.42 Å². The molecule has 0 heterocycles. The number of fused-ring (bicyclic) bond motifs is 1. The molecule has 0 saturated heterocycles. The van der Waals surface area contributed by atoms with Gasteiger partial charge >= 0.3 is 10.1 Å². The maximum absolute atomic E-state index is 12.4. The second-order valence-electron chi connectivity index (χ2n) is 6.46. The second-order valence-corrected chi connectivity index (χ2v) is 7.99. The molecule has 0 N–H and O–H groups in total. The number of benzene rings is 3. The first-order valence-corrected chi connectivity index (χ1v) is 9.78. The van der Waals surface area contributed by atoms with Crippen LogP contribution in [-0.4, -0.2) is 14.1 Å². The maximum atomic E-state index is 12.4. The molecule has 5 heteroatoms. The van der Waals surface area contributed by atoms with E-state index in [4.69, 9.17) is 4.28 Å². The van der Waals surface area contributed by atoms with Crippen LogP contribution in [0.2, 0.25) is 0 Å². The maximum Gasteiger partial charge on any atom is 0.358 e. The summed E-state index contributed by atoms with van der Waals surface area (Å²) in [6.07, 6.45) is 0.536. The van der Waals surface area contributed by atoms with Gasteiger partial charge < -0.3 is 0 Å². The van der Waals surface area contributed by atoms with E-state index in [-0.39, 0.29) is 4.90 Å². The van der Waals surface area contributed by atoms with Crippen LogP contribution in [0.25, 0.3) is 10.8 Å². The lowest BCUT2D eigenvalue weighted by Crippen LogP contribution is -2.06.